The number of benzene rings is 1. The van der Waals surface area contributed by atoms with Crippen LogP contribution in [0.25, 0.3) is 0 Å². The Labute approximate surface area is 132 Å². The highest BCUT2D eigenvalue weighted by Gasteiger charge is 2.11. The topological polar surface area (TPSA) is 71.8 Å². The van der Waals surface area contributed by atoms with Crippen LogP contribution in [0.1, 0.15) is 21.7 Å². The van der Waals surface area contributed by atoms with Crippen molar-refractivity contribution in [3.8, 4) is 0 Å². The molecule has 0 saturated carbocycles. The minimum Gasteiger partial charge on any atom is -0.298 e. The number of carbonyl (C=O) groups is 1. The maximum absolute atomic E-state index is 12.0. The monoisotopic (exact) mass is 321 g/mol. The number of rotatable bonds is 3. The molecule has 0 unspecified atom stereocenters. The van der Waals surface area contributed by atoms with Gasteiger partial charge in [0.2, 0.25) is 5.16 Å². The molecule has 110 valence electrons. The summed E-state index contributed by atoms with van der Waals surface area (Å²) in [5.41, 5.74) is 4.54. The third-order valence-corrected chi connectivity index (χ3v) is 3.55. The highest BCUT2D eigenvalue weighted by molar-refractivity contribution is 7.98. The van der Waals surface area contributed by atoms with Gasteiger partial charge in [-0.15, -0.1) is 10.2 Å². The SMILES string of the molecule is CSc1nnc(C)n1NC(=S)NC(=O)c1ccc(C)cc1. The summed E-state index contributed by atoms with van der Waals surface area (Å²) in [6.07, 6.45) is 1.88. The van der Waals surface area contributed by atoms with Crippen molar-refractivity contribution in [2.45, 2.75) is 19.0 Å². The van der Waals surface area contributed by atoms with Crippen LogP contribution in [0.5, 0.6) is 0 Å². The summed E-state index contributed by atoms with van der Waals surface area (Å²) < 4.78 is 1.63. The van der Waals surface area contributed by atoms with Gasteiger partial charge in [0, 0.05) is 5.56 Å². The molecule has 1 aromatic heterocycles. The smallest absolute Gasteiger partial charge is 0.257 e. The van der Waals surface area contributed by atoms with E-state index in [0.717, 1.165) is 5.56 Å². The number of hydrogen-bond acceptors (Lipinski definition) is 5. The highest BCUT2D eigenvalue weighted by Crippen LogP contribution is 2.10. The summed E-state index contributed by atoms with van der Waals surface area (Å²) in [5, 5.41) is 11.4. The molecular weight excluding hydrogens is 306 g/mol. The van der Waals surface area contributed by atoms with Crippen molar-refractivity contribution in [2.75, 3.05) is 11.7 Å². The summed E-state index contributed by atoms with van der Waals surface area (Å²) in [5.74, 6) is 0.398. The molecule has 0 aliphatic heterocycles. The van der Waals surface area contributed by atoms with Gasteiger partial charge < -0.3 is 0 Å². The van der Waals surface area contributed by atoms with Crippen molar-refractivity contribution in [1.29, 1.82) is 0 Å². The Bertz CT molecular complexity index is 666. The third kappa shape index (κ3) is 3.79. The lowest BCUT2D eigenvalue weighted by Crippen LogP contribution is -2.38. The van der Waals surface area contributed by atoms with Crippen molar-refractivity contribution < 1.29 is 4.79 Å². The fourth-order valence-corrected chi connectivity index (χ4v) is 2.28. The largest absolute Gasteiger partial charge is 0.298 e. The molecular formula is C13H15N5OS2. The number of hydrogen-bond donors (Lipinski definition) is 2. The van der Waals surface area contributed by atoms with Gasteiger partial charge in [-0.25, -0.2) is 4.68 Å². The van der Waals surface area contributed by atoms with Crippen LogP contribution in [0.4, 0.5) is 0 Å². The average molecular weight is 321 g/mol. The molecule has 0 fully saturated rings. The minimum absolute atomic E-state index is 0.193. The van der Waals surface area contributed by atoms with Crippen LogP contribution in [-0.2, 0) is 0 Å². The molecule has 21 heavy (non-hydrogen) atoms. The van der Waals surface area contributed by atoms with E-state index in [1.807, 2.05) is 25.3 Å². The zero-order chi connectivity index (χ0) is 15.4. The van der Waals surface area contributed by atoms with E-state index in [0.29, 0.717) is 16.5 Å². The quantitative estimate of drug-likeness (QED) is 0.664. The second-order valence-electron chi connectivity index (χ2n) is 4.33. The predicted octanol–water partition coefficient (Wildman–Crippen LogP) is 1.88. The minimum atomic E-state index is -0.260. The summed E-state index contributed by atoms with van der Waals surface area (Å²) in [6.45, 7) is 3.76. The molecule has 0 saturated heterocycles. The van der Waals surface area contributed by atoms with Gasteiger partial charge in [-0.1, -0.05) is 29.5 Å². The van der Waals surface area contributed by atoms with Crippen LogP contribution in [0, 0.1) is 13.8 Å². The van der Waals surface area contributed by atoms with E-state index in [1.165, 1.54) is 11.8 Å². The molecule has 0 spiro atoms. The predicted molar refractivity (Wildman–Crippen MR) is 87.1 cm³/mol. The lowest BCUT2D eigenvalue weighted by atomic mass is 10.1. The summed E-state index contributed by atoms with van der Waals surface area (Å²) in [6, 6.07) is 7.26. The first-order chi connectivity index (χ1) is 10.0. The van der Waals surface area contributed by atoms with E-state index < -0.39 is 0 Å². The second kappa shape index (κ2) is 6.68. The van der Waals surface area contributed by atoms with Crippen molar-refractivity contribution in [3.63, 3.8) is 0 Å². The van der Waals surface area contributed by atoms with Gasteiger partial charge in [0.25, 0.3) is 5.91 Å². The van der Waals surface area contributed by atoms with Crippen LogP contribution < -0.4 is 10.7 Å². The molecule has 0 bridgehead atoms. The number of aromatic nitrogens is 3. The number of thiocarbonyl (C=S) groups is 1. The number of nitrogens with zero attached hydrogens (tertiary/aromatic N) is 3. The maximum atomic E-state index is 12.0. The van der Waals surface area contributed by atoms with Crippen LogP contribution in [0.15, 0.2) is 29.4 Å². The molecule has 2 rings (SSSR count). The first-order valence-electron chi connectivity index (χ1n) is 6.16. The Balaban J connectivity index is 2.03. The normalized spacial score (nSPS) is 10.2. The second-order valence-corrected chi connectivity index (χ2v) is 5.51. The molecule has 1 aromatic carbocycles. The Kier molecular flexibility index (Phi) is 4.92. The molecule has 0 radical (unpaired) electrons. The van der Waals surface area contributed by atoms with E-state index in [2.05, 4.69) is 20.9 Å². The van der Waals surface area contributed by atoms with Crippen LogP contribution in [-0.4, -0.2) is 32.1 Å². The molecule has 1 heterocycles. The Morgan fingerprint density at radius 2 is 1.90 bits per heavy atom. The Morgan fingerprint density at radius 1 is 1.24 bits per heavy atom. The Hall–Kier alpha value is -1.93. The van der Waals surface area contributed by atoms with Crippen LogP contribution in [0.2, 0.25) is 0 Å². The van der Waals surface area contributed by atoms with Gasteiger partial charge in [-0.05, 0) is 44.5 Å². The highest BCUT2D eigenvalue weighted by atomic mass is 32.2. The molecule has 1 amide bonds. The van der Waals surface area contributed by atoms with Gasteiger partial charge in [-0.3, -0.25) is 15.5 Å². The van der Waals surface area contributed by atoms with Gasteiger partial charge in [0.05, 0.1) is 0 Å². The number of aryl methyl sites for hydroxylation is 2. The zero-order valence-electron chi connectivity index (χ0n) is 11.9. The van der Waals surface area contributed by atoms with Crippen molar-refractivity contribution in [1.82, 2.24) is 20.2 Å². The standard InChI is InChI=1S/C13H15N5OS2/c1-8-4-6-10(7-5-8)11(19)14-12(20)17-18-9(2)15-16-13(18)21-3/h4-7H,1-3H3,(H2,14,17,19,20). The molecule has 2 aromatic rings. The van der Waals surface area contributed by atoms with Gasteiger partial charge in [0.1, 0.15) is 5.82 Å². The van der Waals surface area contributed by atoms with Crippen molar-refractivity contribution >= 4 is 35.0 Å². The number of carbonyl (C=O) groups excluding carboxylic acids is 1. The zero-order valence-corrected chi connectivity index (χ0v) is 13.5. The third-order valence-electron chi connectivity index (χ3n) is 2.73. The number of thioether (sulfide) groups is 1. The molecule has 2 N–H and O–H groups in total. The van der Waals surface area contributed by atoms with Crippen molar-refractivity contribution in [2.24, 2.45) is 0 Å². The first kappa shape index (κ1) is 15.5. The average Bonchev–Trinajstić information content (AvgIpc) is 2.80. The van der Waals surface area contributed by atoms with E-state index in [-0.39, 0.29) is 11.0 Å². The fraction of sp³-hybridized carbons (Fsp3) is 0.231. The lowest BCUT2D eigenvalue weighted by molar-refractivity contribution is 0.0977. The molecule has 0 aliphatic rings. The molecule has 0 aliphatic carbocycles. The lowest BCUT2D eigenvalue weighted by Gasteiger charge is -2.12. The first-order valence-corrected chi connectivity index (χ1v) is 7.79. The summed E-state index contributed by atoms with van der Waals surface area (Å²) in [4.78, 5) is 12.0. The van der Waals surface area contributed by atoms with E-state index >= 15 is 0 Å². The maximum Gasteiger partial charge on any atom is 0.257 e. The van der Waals surface area contributed by atoms with Crippen molar-refractivity contribution in [3.05, 3.63) is 41.2 Å². The number of nitrogens with one attached hydrogen (secondary N) is 2. The van der Waals surface area contributed by atoms with Gasteiger partial charge in [-0.2, -0.15) is 0 Å². The van der Waals surface area contributed by atoms with Gasteiger partial charge in [0.15, 0.2) is 5.11 Å². The van der Waals surface area contributed by atoms with Crippen LogP contribution >= 0.6 is 24.0 Å². The summed E-state index contributed by atoms with van der Waals surface area (Å²) >= 11 is 6.57. The van der Waals surface area contributed by atoms with Crippen LogP contribution in [0.3, 0.4) is 0 Å². The molecule has 0 atom stereocenters. The van der Waals surface area contributed by atoms with E-state index in [1.54, 1.807) is 23.7 Å². The molecule has 6 nitrogen and oxygen atoms in total. The summed E-state index contributed by atoms with van der Waals surface area (Å²) in [7, 11) is 0. The number of amides is 1. The Morgan fingerprint density at radius 3 is 2.52 bits per heavy atom. The molecule has 8 heteroatoms. The van der Waals surface area contributed by atoms with Gasteiger partial charge >= 0.3 is 0 Å². The van der Waals surface area contributed by atoms with E-state index in [9.17, 15) is 4.79 Å². The van der Waals surface area contributed by atoms with E-state index in [4.69, 9.17) is 12.2 Å². The fourth-order valence-electron chi connectivity index (χ4n) is 1.61.